The highest BCUT2D eigenvalue weighted by Gasteiger charge is 2.10. The third-order valence-corrected chi connectivity index (χ3v) is 2.16. The van der Waals surface area contributed by atoms with E-state index in [0.717, 1.165) is 12.3 Å². The summed E-state index contributed by atoms with van der Waals surface area (Å²) in [5.74, 6) is 0.765. The maximum Gasteiger partial charge on any atom is 0.0313 e. The number of rotatable bonds is 2. The molecule has 10 heavy (non-hydrogen) atoms. The van der Waals surface area contributed by atoms with Gasteiger partial charge in [-0.1, -0.05) is 12.2 Å². The minimum atomic E-state index is 0.341. The molecule has 0 radical (unpaired) electrons. The zero-order valence-electron chi connectivity index (χ0n) is 6.52. The highest BCUT2D eigenvalue weighted by molar-refractivity contribution is 6.20. The van der Waals surface area contributed by atoms with E-state index < -0.39 is 0 Å². The Balaban J connectivity index is 2.26. The van der Waals surface area contributed by atoms with Gasteiger partial charge < -0.3 is 0 Å². The zero-order valence-corrected chi connectivity index (χ0v) is 7.27. The van der Waals surface area contributed by atoms with Crippen LogP contribution in [0.25, 0.3) is 0 Å². The number of hydrogen-bond donors (Lipinski definition) is 0. The Hall–Kier alpha value is 0.0300. The maximum absolute atomic E-state index is 5.88. The summed E-state index contributed by atoms with van der Waals surface area (Å²) in [6.45, 7) is 2.07. The molecule has 0 saturated carbocycles. The smallest absolute Gasteiger partial charge is 0.0313 e. The first-order valence-electron chi connectivity index (χ1n) is 4.10. The lowest BCUT2D eigenvalue weighted by Gasteiger charge is -2.16. The van der Waals surface area contributed by atoms with E-state index in [1.165, 1.54) is 19.3 Å². The number of allylic oxidation sites excluding steroid dienone is 2. The van der Waals surface area contributed by atoms with Crippen molar-refractivity contribution in [1.82, 2.24) is 0 Å². The van der Waals surface area contributed by atoms with E-state index in [4.69, 9.17) is 11.6 Å². The van der Waals surface area contributed by atoms with E-state index in [1.54, 1.807) is 0 Å². The van der Waals surface area contributed by atoms with Gasteiger partial charge in [0.25, 0.3) is 0 Å². The molecule has 0 N–H and O–H groups in total. The van der Waals surface area contributed by atoms with Gasteiger partial charge in [-0.3, -0.25) is 0 Å². The van der Waals surface area contributed by atoms with Crippen LogP contribution in [0.3, 0.4) is 0 Å². The molecule has 0 spiro atoms. The molecule has 1 aliphatic rings. The van der Waals surface area contributed by atoms with Crippen LogP contribution in [0, 0.1) is 5.92 Å². The quantitative estimate of drug-likeness (QED) is 0.427. The van der Waals surface area contributed by atoms with E-state index in [2.05, 4.69) is 19.1 Å². The molecule has 2 atom stereocenters. The Morgan fingerprint density at radius 2 is 2.50 bits per heavy atom. The minimum Gasteiger partial charge on any atom is -0.123 e. The molecule has 0 fully saturated rings. The topological polar surface area (TPSA) is 0 Å². The predicted molar refractivity (Wildman–Crippen MR) is 46.4 cm³/mol. The largest absolute Gasteiger partial charge is 0.123 e. The molecule has 1 heteroatoms. The van der Waals surface area contributed by atoms with Crippen LogP contribution in [0.2, 0.25) is 0 Å². The Bertz CT molecular complexity index is 116. The van der Waals surface area contributed by atoms with Gasteiger partial charge in [0.15, 0.2) is 0 Å². The van der Waals surface area contributed by atoms with Crippen molar-refractivity contribution in [3.05, 3.63) is 12.2 Å². The van der Waals surface area contributed by atoms with Crippen LogP contribution < -0.4 is 0 Å². The van der Waals surface area contributed by atoms with E-state index in [0.29, 0.717) is 5.38 Å². The summed E-state index contributed by atoms with van der Waals surface area (Å²) in [6, 6.07) is 0. The van der Waals surface area contributed by atoms with Gasteiger partial charge >= 0.3 is 0 Å². The lowest BCUT2D eigenvalue weighted by atomic mass is 9.92. The third kappa shape index (κ3) is 2.74. The first kappa shape index (κ1) is 8.13. The third-order valence-electron chi connectivity index (χ3n) is 1.98. The number of halogens is 1. The highest BCUT2D eigenvalue weighted by Crippen LogP contribution is 2.22. The van der Waals surface area contributed by atoms with Crippen LogP contribution in [-0.4, -0.2) is 5.38 Å². The van der Waals surface area contributed by atoms with Gasteiger partial charge in [-0.15, -0.1) is 11.6 Å². The molecule has 0 saturated heterocycles. The molecule has 0 aliphatic heterocycles. The maximum atomic E-state index is 5.88. The SMILES string of the molecule is CC(Cl)CC1C=CCCC1. The van der Waals surface area contributed by atoms with Crippen LogP contribution in [0.1, 0.15) is 32.6 Å². The second kappa shape index (κ2) is 4.02. The Morgan fingerprint density at radius 3 is 3.00 bits per heavy atom. The van der Waals surface area contributed by atoms with Gasteiger partial charge in [0.1, 0.15) is 0 Å². The van der Waals surface area contributed by atoms with Gasteiger partial charge in [-0.2, -0.15) is 0 Å². The molecular formula is C9H15Cl. The van der Waals surface area contributed by atoms with E-state index >= 15 is 0 Å². The first-order valence-corrected chi connectivity index (χ1v) is 4.53. The van der Waals surface area contributed by atoms with Crippen LogP contribution in [0.15, 0.2) is 12.2 Å². The Morgan fingerprint density at radius 1 is 1.70 bits per heavy atom. The van der Waals surface area contributed by atoms with Crippen LogP contribution in [-0.2, 0) is 0 Å². The van der Waals surface area contributed by atoms with Crippen molar-refractivity contribution >= 4 is 11.6 Å². The average Bonchev–Trinajstić information content (AvgIpc) is 1.88. The number of hydrogen-bond acceptors (Lipinski definition) is 0. The monoisotopic (exact) mass is 158 g/mol. The minimum absolute atomic E-state index is 0.341. The van der Waals surface area contributed by atoms with Crippen molar-refractivity contribution < 1.29 is 0 Å². The lowest BCUT2D eigenvalue weighted by molar-refractivity contribution is 0.503. The molecule has 0 aromatic heterocycles. The predicted octanol–water partition coefficient (Wildman–Crippen LogP) is 3.36. The molecule has 0 heterocycles. The molecule has 0 aromatic carbocycles. The van der Waals surface area contributed by atoms with Crippen molar-refractivity contribution in [2.45, 2.75) is 38.0 Å². The molecule has 2 unspecified atom stereocenters. The summed E-state index contributed by atoms with van der Waals surface area (Å²) >= 11 is 5.88. The fourth-order valence-electron chi connectivity index (χ4n) is 1.50. The summed E-state index contributed by atoms with van der Waals surface area (Å²) in [7, 11) is 0. The standard InChI is InChI=1S/C9H15Cl/c1-8(10)7-9-5-3-2-4-6-9/h3,5,8-9H,2,4,6-7H2,1H3. The van der Waals surface area contributed by atoms with Gasteiger partial charge in [0.05, 0.1) is 0 Å². The number of alkyl halides is 1. The lowest BCUT2D eigenvalue weighted by Crippen LogP contribution is -2.05. The molecule has 0 aromatic rings. The van der Waals surface area contributed by atoms with Gasteiger partial charge in [0.2, 0.25) is 0 Å². The van der Waals surface area contributed by atoms with E-state index in [1.807, 2.05) is 0 Å². The molecule has 0 amide bonds. The molecule has 1 aliphatic carbocycles. The fourth-order valence-corrected chi connectivity index (χ4v) is 1.73. The van der Waals surface area contributed by atoms with E-state index in [-0.39, 0.29) is 0 Å². The van der Waals surface area contributed by atoms with Crippen LogP contribution in [0.4, 0.5) is 0 Å². The normalized spacial score (nSPS) is 28.4. The van der Waals surface area contributed by atoms with Crippen LogP contribution >= 0.6 is 11.6 Å². The highest BCUT2D eigenvalue weighted by atomic mass is 35.5. The fraction of sp³-hybridized carbons (Fsp3) is 0.778. The summed E-state index contributed by atoms with van der Waals surface area (Å²) < 4.78 is 0. The van der Waals surface area contributed by atoms with Gasteiger partial charge in [0, 0.05) is 5.38 Å². The van der Waals surface area contributed by atoms with Crippen LogP contribution in [0.5, 0.6) is 0 Å². The summed E-state index contributed by atoms with van der Waals surface area (Å²) in [6.07, 6.45) is 9.72. The molecule has 0 bridgehead atoms. The van der Waals surface area contributed by atoms with Crippen molar-refractivity contribution in [3.63, 3.8) is 0 Å². The molecule has 0 nitrogen and oxygen atoms in total. The van der Waals surface area contributed by atoms with Crippen molar-refractivity contribution in [2.24, 2.45) is 5.92 Å². The Kier molecular flexibility index (Phi) is 3.27. The molecular weight excluding hydrogens is 144 g/mol. The first-order chi connectivity index (χ1) is 4.79. The molecule has 58 valence electrons. The van der Waals surface area contributed by atoms with Gasteiger partial charge in [-0.05, 0) is 38.5 Å². The van der Waals surface area contributed by atoms with Gasteiger partial charge in [-0.25, -0.2) is 0 Å². The Labute approximate surface area is 68.3 Å². The van der Waals surface area contributed by atoms with Crippen molar-refractivity contribution in [1.29, 1.82) is 0 Å². The zero-order chi connectivity index (χ0) is 7.40. The van der Waals surface area contributed by atoms with Crippen molar-refractivity contribution in [2.75, 3.05) is 0 Å². The summed E-state index contributed by atoms with van der Waals surface area (Å²) in [5, 5.41) is 0.341. The summed E-state index contributed by atoms with van der Waals surface area (Å²) in [4.78, 5) is 0. The van der Waals surface area contributed by atoms with Crippen molar-refractivity contribution in [3.8, 4) is 0 Å². The second-order valence-electron chi connectivity index (χ2n) is 3.14. The van der Waals surface area contributed by atoms with E-state index in [9.17, 15) is 0 Å². The summed E-state index contributed by atoms with van der Waals surface area (Å²) in [5.41, 5.74) is 0. The second-order valence-corrected chi connectivity index (χ2v) is 3.88. The molecule has 1 rings (SSSR count). The average molecular weight is 159 g/mol.